The zero-order valence-corrected chi connectivity index (χ0v) is 8.38. The van der Waals surface area contributed by atoms with Crippen molar-refractivity contribution < 1.29 is 18.3 Å². The highest BCUT2D eigenvalue weighted by Crippen LogP contribution is 2.32. The Morgan fingerprint density at radius 3 is 2.40 bits per heavy atom. The zero-order valence-electron chi connectivity index (χ0n) is 8.38. The van der Waals surface area contributed by atoms with Crippen molar-refractivity contribution in [3.05, 3.63) is 35.4 Å². The minimum atomic E-state index is -4.31. The monoisotopic (exact) mass is 218 g/mol. The lowest BCUT2D eigenvalue weighted by molar-refractivity contribution is -0.138. The highest BCUT2D eigenvalue weighted by molar-refractivity contribution is 5.29. The van der Waals surface area contributed by atoms with Crippen LogP contribution in [0.3, 0.4) is 0 Å². The second-order valence-corrected chi connectivity index (χ2v) is 3.54. The van der Waals surface area contributed by atoms with Gasteiger partial charge in [0, 0.05) is 0 Å². The van der Waals surface area contributed by atoms with Crippen molar-refractivity contribution in [1.29, 1.82) is 0 Å². The van der Waals surface area contributed by atoms with Crippen LogP contribution >= 0.6 is 0 Å². The summed E-state index contributed by atoms with van der Waals surface area (Å²) in [5.74, 6) is 0. The van der Waals surface area contributed by atoms with Crippen LogP contribution in [0.15, 0.2) is 24.3 Å². The molecule has 84 valence electrons. The summed E-state index contributed by atoms with van der Waals surface area (Å²) in [6, 6.07) is 5.46. The van der Waals surface area contributed by atoms with Crippen LogP contribution in [0, 0.1) is 0 Å². The summed E-state index contributed by atoms with van der Waals surface area (Å²) in [4.78, 5) is 0. The molecule has 0 aliphatic rings. The first-order chi connectivity index (χ1) is 6.91. The van der Waals surface area contributed by atoms with Crippen molar-refractivity contribution in [2.45, 2.75) is 32.0 Å². The van der Waals surface area contributed by atoms with Gasteiger partial charge >= 0.3 is 6.18 Å². The van der Waals surface area contributed by atoms with E-state index in [1.807, 2.05) is 0 Å². The molecule has 0 radical (unpaired) electrons. The molecule has 1 aromatic carbocycles. The third-order valence-corrected chi connectivity index (χ3v) is 2.15. The van der Waals surface area contributed by atoms with Crippen LogP contribution in [-0.2, 0) is 12.6 Å². The number of aliphatic hydroxyl groups excluding tert-OH is 1. The first-order valence-corrected chi connectivity index (χ1v) is 4.74. The Morgan fingerprint density at radius 2 is 1.87 bits per heavy atom. The largest absolute Gasteiger partial charge is 0.416 e. The van der Waals surface area contributed by atoms with Crippen LogP contribution in [-0.4, -0.2) is 11.2 Å². The van der Waals surface area contributed by atoms with Crippen molar-refractivity contribution >= 4 is 0 Å². The molecule has 1 rings (SSSR count). The molecule has 1 N–H and O–H groups in total. The summed E-state index contributed by atoms with van der Waals surface area (Å²) in [6.45, 7) is 1.57. The predicted octanol–water partition coefficient (Wildman–Crippen LogP) is 3.02. The zero-order chi connectivity index (χ0) is 11.5. The molecular formula is C11H13F3O. The number of hydrogen-bond donors (Lipinski definition) is 1. The number of aryl methyl sites for hydroxylation is 1. The highest BCUT2D eigenvalue weighted by Gasteiger charge is 2.32. The van der Waals surface area contributed by atoms with Crippen LogP contribution in [0.4, 0.5) is 13.2 Å². The molecule has 0 aliphatic heterocycles. The molecule has 1 atom stereocenters. The number of hydrogen-bond acceptors (Lipinski definition) is 1. The molecule has 0 amide bonds. The third kappa shape index (κ3) is 3.55. The van der Waals surface area contributed by atoms with Gasteiger partial charge in [-0.05, 0) is 31.4 Å². The smallest absolute Gasteiger partial charge is 0.393 e. The van der Waals surface area contributed by atoms with E-state index in [9.17, 15) is 13.2 Å². The summed E-state index contributed by atoms with van der Waals surface area (Å²) in [6.07, 6.45) is -4.30. The quantitative estimate of drug-likeness (QED) is 0.826. The van der Waals surface area contributed by atoms with Gasteiger partial charge in [-0.15, -0.1) is 0 Å². The van der Waals surface area contributed by atoms with Crippen LogP contribution in [0.25, 0.3) is 0 Å². The van der Waals surface area contributed by atoms with E-state index in [1.54, 1.807) is 13.0 Å². The van der Waals surface area contributed by atoms with Gasteiger partial charge in [0.15, 0.2) is 0 Å². The van der Waals surface area contributed by atoms with E-state index < -0.39 is 17.8 Å². The fraction of sp³-hybridized carbons (Fsp3) is 0.455. The number of aliphatic hydroxyl groups is 1. The first kappa shape index (κ1) is 12.0. The molecule has 4 heteroatoms. The molecule has 0 aromatic heterocycles. The first-order valence-electron chi connectivity index (χ1n) is 4.74. The Bertz CT molecular complexity index is 318. The van der Waals surface area contributed by atoms with Gasteiger partial charge in [0.05, 0.1) is 11.7 Å². The maximum absolute atomic E-state index is 12.5. The number of benzene rings is 1. The van der Waals surface area contributed by atoms with Crippen LogP contribution in [0.2, 0.25) is 0 Å². The topological polar surface area (TPSA) is 20.2 Å². The van der Waals surface area contributed by atoms with Crippen molar-refractivity contribution in [2.24, 2.45) is 0 Å². The predicted molar refractivity (Wildman–Crippen MR) is 51.4 cm³/mol. The summed E-state index contributed by atoms with van der Waals surface area (Å²) < 4.78 is 37.5. The van der Waals surface area contributed by atoms with Gasteiger partial charge in [-0.25, -0.2) is 0 Å². The van der Waals surface area contributed by atoms with Gasteiger partial charge in [0.25, 0.3) is 0 Å². The molecule has 0 saturated heterocycles. The van der Waals surface area contributed by atoms with Gasteiger partial charge in [0.1, 0.15) is 0 Å². The Hall–Kier alpha value is -1.03. The lowest BCUT2D eigenvalue weighted by atomic mass is 10.0. The molecule has 1 unspecified atom stereocenters. The van der Waals surface area contributed by atoms with E-state index in [-0.39, 0.29) is 12.0 Å². The summed E-state index contributed by atoms with van der Waals surface area (Å²) >= 11 is 0. The SMILES string of the molecule is CC(O)CCc1ccccc1C(F)(F)F. The molecule has 1 nitrogen and oxygen atoms in total. The van der Waals surface area contributed by atoms with Crippen molar-refractivity contribution in [3.63, 3.8) is 0 Å². The van der Waals surface area contributed by atoms with E-state index in [0.717, 1.165) is 6.07 Å². The standard InChI is InChI=1S/C11H13F3O/c1-8(15)6-7-9-4-2-3-5-10(9)11(12,13)14/h2-5,8,15H,6-7H2,1H3. The summed E-state index contributed by atoms with van der Waals surface area (Å²) in [5.41, 5.74) is -0.364. The van der Waals surface area contributed by atoms with E-state index in [1.165, 1.54) is 12.1 Å². The summed E-state index contributed by atoms with van der Waals surface area (Å²) in [7, 11) is 0. The Kier molecular flexibility index (Phi) is 3.74. The molecule has 0 aliphatic carbocycles. The molecule has 15 heavy (non-hydrogen) atoms. The number of rotatable bonds is 3. The van der Waals surface area contributed by atoms with Crippen LogP contribution < -0.4 is 0 Å². The van der Waals surface area contributed by atoms with Crippen molar-refractivity contribution in [2.75, 3.05) is 0 Å². The van der Waals surface area contributed by atoms with E-state index >= 15 is 0 Å². The van der Waals surface area contributed by atoms with Crippen molar-refractivity contribution in [3.8, 4) is 0 Å². The minimum Gasteiger partial charge on any atom is -0.393 e. The van der Waals surface area contributed by atoms with Crippen LogP contribution in [0.1, 0.15) is 24.5 Å². The van der Waals surface area contributed by atoms with Gasteiger partial charge < -0.3 is 5.11 Å². The van der Waals surface area contributed by atoms with Crippen LogP contribution in [0.5, 0.6) is 0 Å². The molecule has 0 saturated carbocycles. The number of halogens is 3. The third-order valence-electron chi connectivity index (χ3n) is 2.15. The maximum Gasteiger partial charge on any atom is 0.416 e. The van der Waals surface area contributed by atoms with E-state index in [0.29, 0.717) is 6.42 Å². The molecule has 0 spiro atoms. The summed E-state index contributed by atoms with van der Waals surface area (Å²) in [5, 5.41) is 9.03. The van der Waals surface area contributed by atoms with E-state index in [4.69, 9.17) is 5.11 Å². The molecular weight excluding hydrogens is 205 g/mol. The second kappa shape index (κ2) is 4.66. The fourth-order valence-corrected chi connectivity index (χ4v) is 1.38. The Balaban J connectivity index is 2.87. The lowest BCUT2D eigenvalue weighted by Crippen LogP contribution is -2.10. The van der Waals surface area contributed by atoms with Crippen molar-refractivity contribution in [1.82, 2.24) is 0 Å². The van der Waals surface area contributed by atoms with E-state index in [2.05, 4.69) is 0 Å². The Morgan fingerprint density at radius 1 is 1.27 bits per heavy atom. The lowest BCUT2D eigenvalue weighted by Gasteiger charge is -2.12. The fourth-order valence-electron chi connectivity index (χ4n) is 1.38. The molecule has 0 heterocycles. The highest BCUT2D eigenvalue weighted by atomic mass is 19.4. The maximum atomic E-state index is 12.5. The van der Waals surface area contributed by atoms with Gasteiger partial charge in [-0.3, -0.25) is 0 Å². The number of alkyl halides is 3. The Labute approximate surface area is 86.5 Å². The molecule has 0 fully saturated rings. The molecule has 0 bridgehead atoms. The average molecular weight is 218 g/mol. The van der Waals surface area contributed by atoms with Gasteiger partial charge in [0.2, 0.25) is 0 Å². The van der Waals surface area contributed by atoms with Gasteiger partial charge in [-0.1, -0.05) is 18.2 Å². The minimum absolute atomic E-state index is 0.242. The second-order valence-electron chi connectivity index (χ2n) is 3.54. The normalized spacial score (nSPS) is 13.9. The average Bonchev–Trinajstić information content (AvgIpc) is 2.13. The molecule has 1 aromatic rings. The van der Waals surface area contributed by atoms with Gasteiger partial charge in [-0.2, -0.15) is 13.2 Å².